The molecule has 0 heterocycles. The Morgan fingerprint density at radius 2 is 1.18 bits per heavy atom. The van der Waals surface area contributed by atoms with Crippen LogP contribution in [-0.4, -0.2) is 11.9 Å². The number of aryl methyl sites for hydroxylation is 1. The lowest BCUT2D eigenvalue weighted by molar-refractivity contribution is 0.0719. The summed E-state index contributed by atoms with van der Waals surface area (Å²) < 4.78 is 10.9. The topological polar surface area (TPSA) is 52.6 Å². The van der Waals surface area contributed by atoms with Gasteiger partial charge in [0.15, 0.2) is 0 Å². The number of hydrogen-bond acceptors (Lipinski definition) is 4. The largest absolute Gasteiger partial charge is 0.423 e. The lowest BCUT2D eigenvalue weighted by Crippen LogP contribution is -2.10. The summed E-state index contributed by atoms with van der Waals surface area (Å²) >= 11 is 0. The molecule has 4 heteroatoms. The molecule has 0 aromatic heterocycles. The number of esters is 2. The second-order valence-electron chi connectivity index (χ2n) is 8.49. The first-order chi connectivity index (χ1) is 16.0. The van der Waals surface area contributed by atoms with Crippen molar-refractivity contribution in [2.45, 2.75) is 58.8 Å². The van der Waals surface area contributed by atoms with Crippen LogP contribution < -0.4 is 9.47 Å². The highest BCUT2D eigenvalue weighted by Crippen LogP contribution is 2.24. The van der Waals surface area contributed by atoms with Gasteiger partial charge in [-0.25, -0.2) is 9.59 Å². The molecule has 3 rings (SSSR count). The normalized spacial score (nSPS) is 11.6. The first kappa shape index (κ1) is 24.2. The van der Waals surface area contributed by atoms with Crippen LogP contribution in [0.4, 0.5) is 0 Å². The second-order valence-corrected chi connectivity index (χ2v) is 8.49. The van der Waals surface area contributed by atoms with Gasteiger partial charge in [-0.1, -0.05) is 69.4 Å². The number of carbonyl (C=O) groups excluding carboxylic acids is 2. The van der Waals surface area contributed by atoms with Gasteiger partial charge in [0.05, 0.1) is 11.1 Å². The molecule has 1 unspecified atom stereocenters. The molecule has 172 valence electrons. The van der Waals surface area contributed by atoms with Gasteiger partial charge in [0.2, 0.25) is 0 Å². The van der Waals surface area contributed by atoms with Crippen molar-refractivity contribution in [2.24, 2.45) is 0 Å². The molecule has 0 fully saturated rings. The molecule has 0 N–H and O–H groups in total. The first-order valence-electron chi connectivity index (χ1n) is 11.7. The highest BCUT2D eigenvalue weighted by molar-refractivity contribution is 5.92. The first-order valence-corrected chi connectivity index (χ1v) is 11.7. The lowest BCUT2D eigenvalue weighted by atomic mass is 9.94. The highest BCUT2D eigenvalue weighted by atomic mass is 16.5. The minimum absolute atomic E-state index is 0.387. The highest BCUT2D eigenvalue weighted by Gasteiger charge is 2.12. The second kappa shape index (κ2) is 12.0. The zero-order valence-corrected chi connectivity index (χ0v) is 19.7. The Morgan fingerprint density at radius 3 is 1.67 bits per heavy atom. The monoisotopic (exact) mass is 444 g/mol. The molecule has 0 amide bonds. The third-order valence-corrected chi connectivity index (χ3v) is 5.74. The van der Waals surface area contributed by atoms with Crippen LogP contribution in [-0.2, 0) is 0 Å². The van der Waals surface area contributed by atoms with Gasteiger partial charge < -0.3 is 9.47 Å². The summed E-state index contributed by atoms with van der Waals surface area (Å²) in [6.45, 7) is 6.41. The number of rotatable bonds is 10. The van der Waals surface area contributed by atoms with Crippen molar-refractivity contribution >= 4 is 11.9 Å². The van der Waals surface area contributed by atoms with Crippen molar-refractivity contribution in [3.05, 3.63) is 95.1 Å². The summed E-state index contributed by atoms with van der Waals surface area (Å²) in [4.78, 5) is 24.7. The fourth-order valence-electron chi connectivity index (χ4n) is 3.59. The predicted octanol–water partition coefficient (Wildman–Crippen LogP) is 7.51. The molecule has 0 aliphatic rings. The maximum Gasteiger partial charge on any atom is 0.343 e. The van der Waals surface area contributed by atoms with E-state index >= 15 is 0 Å². The van der Waals surface area contributed by atoms with Gasteiger partial charge in [-0.3, -0.25) is 0 Å². The van der Waals surface area contributed by atoms with E-state index in [4.69, 9.17) is 9.47 Å². The van der Waals surface area contributed by atoms with Crippen LogP contribution in [0.15, 0.2) is 72.8 Å². The Bertz CT molecular complexity index is 1030. The number of benzene rings is 3. The molecule has 0 bridgehead atoms. The van der Waals surface area contributed by atoms with Crippen LogP contribution in [0.25, 0.3) is 0 Å². The molecule has 0 aliphatic carbocycles. The molecule has 3 aromatic rings. The maximum atomic E-state index is 12.5. The number of unbranched alkanes of at least 4 members (excludes halogenated alkanes) is 3. The van der Waals surface area contributed by atoms with Crippen LogP contribution in [0.2, 0.25) is 0 Å². The number of hydrogen-bond donors (Lipinski definition) is 0. The van der Waals surface area contributed by atoms with E-state index < -0.39 is 11.9 Å². The van der Waals surface area contributed by atoms with E-state index in [-0.39, 0.29) is 0 Å². The van der Waals surface area contributed by atoms with Crippen molar-refractivity contribution in [3.63, 3.8) is 0 Å². The molecular formula is C29H32O4. The Labute approximate surface area is 196 Å². The van der Waals surface area contributed by atoms with Crippen molar-refractivity contribution in [1.29, 1.82) is 0 Å². The zero-order chi connectivity index (χ0) is 23.6. The minimum Gasteiger partial charge on any atom is -0.423 e. The van der Waals surface area contributed by atoms with Gasteiger partial charge in [-0.05, 0) is 73.4 Å². The molecule has 1 atom stereocenters. The Kier molecular flexibility index (Phi) is 8.82. The summed E-state index contributed by atoms with van der Waals surface area (Å²) in [6, 6.07) is 21.3. The maximum absolute atomic E-state index is 12.5. The van der Waals surface area contributed by atoms with E-state index in [0.717, 1.165) is 12.0 Å². The quantitative estimate of drug-likeness (QED) is 0.184. The molecule has 33 heavy (non-hydrogen) atoms. The average Bonchev–Trinajstić information content (AvgIpc) is 2.83. The molecule has 3 aromatic carbocycles. The fourth-order valence-corrected chi connectivity index (χ4v) is 3.59. The van der Waals surface area contributed by atoms with E-state index in [1.165, 1.54) is 31.2 Å². The van der Waals surface area contributed by atoms with E-state index in [2.05, 4.69) is 13.8 Å². The number of carbonyl (C=O) groups is 2. The van der Waals surface area contributed by atoms with Crippen LogP contribution in [0.3, 0.4) is 0 Å². The smallest absolute Gasteiger partial charge is 0.343 e. The van der Waals surface area contributed by atoms with Crippen molar-refractivity contribution < 1.29 is 19.1 Å². The predicted molar refractivity (Wildman–Crippen MR) is 131 cm³/mol. The van der Waals surface area contributed by atoms with Crippen LogP contribution in [0.1, 0.15) is 83.7 Å². The van der Waals surface area contributed by atoms with E-state index in [0.29, 0.717) is 28.5 Å². The van der Waals surface area contributed by atoms with E-state index in [1.807, 2.05) is 43.3 Å². The standard InChI is InChI=1S/C29H32O4/c1-4-5-6-7-8-22(3)23-13-15-25(16-14-23)29(31)33-27-19-17-26(18-20-27)32-28(30)24-11-9-21(2)10-12-24/h9-20,22H,4-8H2,1-3H3. The van der Waals surface area contributed by atoms with Crippen molar-refractivity contribution in [2.75, 3.05) is 0 Å². The molecule has 0 radical (unpaired) electrons. The van der Waals surface area contributed by atoms with E-state index in [9.17, 15) is 9.59 Å². The van der Waals surface area contributed by atoms with Gasteiger partial charge in [-0.2, -0.15) is 0 Å². The average molecular weight is 445 g/mol. The van der Waals surface area contributed by atoms with Gasteiger partial charge >= 0.3 is 11.9 Å². The summed E-state index contributed by atoms with van der Waals surface area (Å²) in [6.07, 6.45) is 6.19. The van der Waals surface area contributed by atoms with Crippen molar-refractivity contribution in [3.8, 4) is 11.5 Å². The molecule has 0 saturated heterocycles. The summed E-state index contributed by atoms with van der Waals surface area (Å²) in [5.74, 6) is 0.407. The van der Waals surface area contributed by atoms with Gasteiger partial charge in [-0.15, -0.1) is 0 Å². The SMILES string of the molecule is CCCCCCC(C)c1ccc(C(=O)Oc2ccc(OC(=O)c3ccc(C)cc3)cc2)cc1. The fraction of sp³-hybridized carbons (Fsp3) is 0.310. The zero-order valence-electron chi connectivity index (χ0n) is 19.7. The van der Waals surface area contributed by atoms with E-state index in [1.54, 1.807) is 36.4 Å². The Hall–Kier alpha value is -3.40. The van der Waals surface area contributed by atoms with Gasteiger partial charge in [0, 0.05) is 0 Å². The third kappa shape index (κ3) is 7.31. The number of ether oxygens (including phenoxy) is 2. The third-order valence-electron chi connectivity index (χ3n) is 5.74. The van der Waals surface area contributed by atoms with Crippen molar-refractivity contribution in [1.82, 2.24) is 0 Å². The Morgan fingerprint density at radius 1 is 0.697 bits per heavy atom. The Balaban J connectivity index is 1.52. The minimum atomic E-state index is -0.431. The van der Waals surface area contributed by atoms with Crippen LogP contribution in [0, 0.1) is 6.92 Å². The van der Waals surface area contributed by atoms with Crippen LogP contribution >= 0.6 is 0 Å². The van der Waals surface area contributed by atoms with Gasteiger partial charge in [0.25, 0.3) is 0 Å². The lowest BCUT2D eigenvalue weighted by Gasteiger charge is -2.12. The molecule has 0 aliphatic heterocycles. The summed E-state index contributed by atoms with van der Waals surface area (Å²) in [5, 5.41) is 0. The molecular weight excluding hydrogens is 412 g/mol. The van der Waals surface area contributed by atoms with Gasteiger partial charge in [0.1, 0.15) is 11.5 Å². The molecule has 0 saturated carbocycles. The molecule has 0 spiro atoms. The summed E-state index contributed by atoms with van der Waals surface area (Å²) in [7, 11) is 0. The molecule has 4 nitrogen and oxygen atoms in total. The van der Waals surface area contributed by atoms with Crippen LogP contribution in [0.5, 0.6) is 11.5 Å². The summed E-state index contributed by atoms with van der Waals surface area (Å²) in [5.41, 5.74) is 3.30.